The molecule has 104 valence electrons. The molecule has 0 aliphatic rings. The molecule has 0 fully saturated rings. The minimum Gasteiger partial charge on any atom is -0.435 e. The van der Waals surface area contributed by atoms with E-state index >= 15 is 0 Å². The van der Waals surface area contributed by atoms with Gasteiger partial charge in [-0.2, -0.15) is 14.0 Å². The van der Waals surface area contributed by atoms with Gasteiger partial charge >= 0.3 is 6.61 Å². The summed E-state index contributed by atoms with van der Waals surface area (Å²) in [5.41, 5.74) is 0.424. The van der Waals surface area contributed by atoms with E-state index in [2.05, 4.69) is 16.1 Å². The Bertz CT molecular complexity index is 428. The molecule has 0 radical (unpaired) electrons. The van der Waals surface area contributed by atoms with E-state index in [1.165, 1.54) is 12.1 Å². The number of nitrogens with zero attached hydrogens (tertiary/aromatic N) is 1. The van der Waals surface area contributed by atoms with Crippen LogP contribution in [0.25, 0.3) is 0 Å². The minimum atomic E-state index is -2.80. The van der Waals surface area contributed by atoms with E-state index in [0.29, 0.717) is 12.8 Å². The van der Waals surface area contributed by atoms with E-state index in [0.717, 1.165) is 12.1 Å². The van der Waals surface area contributed by atoms with Crippen molar-refractivity contribution in [3.8, 4) is 11.8 Å². The molecule has 1 aromatic rings. The highest BCUT2D eigenvalue weighted by atomic mass is 19.3. The lowest BCUT2D eigenvalue weighted by atomic mass is 9.94. The second kappa shape index (κ2) is 7.05. The van der Waals surface area contributed by atoms with Gasteiger partial charge in [0.05, 0.1) is 6.07 Å². The molecule has 0 aliphatic heterocycles. The third kappa shape index (κ3) is 5.23. The Morgan fingerprint density at radius 3 is 2.47 bits per heavy atom. The molecule has 0 aromatic heterocycles. The first kappa shape index (κ1) is 15.4. The fourth-order valence-corrected chi connectivity index (χ4v) is 1.81. The number of hydrogen-bond acceptors (Lipinski definition) is 3. The lowest BCUT2D eigenvalue weighted by Gasteiger charge is -2.22. The van der Waals surface area contributed by atoms with Gasteiger partial charge in [0, 0.05) is 0 Å². The Morgan fingerprint density at radius 2 is 2.00 bits per heavy atom. The molecular formula is C14H18F2N2O. The first-order valence-corrected chi connectivity index (χ1v) is 6.19. The Balaban J connectivity index is 2.56. The Labute approximate surface area is 112 Å². The first-order chi connectivity index (χ1) is 8.99. The maximum atomic E-state index is 12.0. The quantitative estimate of drug-likeness (QED) is 0.826. The average molecular weight is 268 g/mol. The van der Waals surface area contributed by atoms with Crippen LogP contribution in [0.1, 0.15) is 25.8 Å². The minimum absolute atomic E-state index is 0.147. The predicted octanol–water partition coefficient (Wildman–Crippen LogP) is 3.11. The van der Waals surface area contributed by atoms with Crippen LogP contribution in [0.4, 0.5) is 8.78 Å². The third-order valence-electron chi connectivity index (χ3n) is 2.88. The van der Waals surface area contributed by atoms with Crippen LogP contribution in [0.5, 0.6) is 5.75 Å². The molecule has 0 saturated carbocycles. The molecule has 0 heterocycles. The summed E-state index contributed by atoms with van der Waals surface area (Å²) >= 11 is 0. The van der Waals surface area contributed by atoms with Crippen LogP contribution < -0.4 is 10.1 Å². The molecule has 19 heavy (non-hydrogen) atoms. The van der Waals surface area contributed by atoms with Gasteiger partial charge in [-0.25, -0.2) is 0 Å². The lowest BCUT2D eigenvalue weighted by molar-refractivity contribution is -0.0498. The number of benzene rings is 1. The fourth-order valence-electron chi connectivity index (χ4n) is 1.81. The Hall–Kier alpha value is -1.67. The van der Waals surface area contributed by atoms with E-state index in [1.807, 2.05) is 13.8 Å². The molecule has 1 atom stereocenters. The molecule has 0 spiro atoms. The molecule has 0 amide bonds. The Kier molecular flexibility index (Phi) is 5.71. The van der Waals surface area contributed by atoms with Crippen LogP contribution in [0, 0.1) is 11.3 Å². The second-order valence-corrected chi connectivity index (χ2v) is 4.50. The SMILES string of the molecule is CCNC(C)(C#N)CCc1ccc(OC(F)F)cc1. The first-order valence-electron chi connectivity index (χ1n) is 6.19. The molecule has 1 unspecified atom stereocenters. The number of nitriles is 1. The third-order valence-corrected chi connectivity index (χ3v) is 2.88. The van der Waals surface area contributed by atoms with Gasteiger partial charge in [-0.05, 0) is 44.0 Å². The number of ether oxygens (including phenoxy) is 1. The molecule has 0 bridgehead atoms. The molecular weight excluding hydrogens is 250 g/mol. The zero-order valence-electron chi connectivity index (χ0n) is 11.1. The smallest absolute Gasteiger partial charge is 0.387 e. The summed E-state index contributed by atoms with van der Waals surface area (Å²) in [7, 11) is 0. The van der Waals surface area contributed by atoms with Crippen LogP contribution in [0.3, 0.4) is 0 Å². The number of hydrogen-bond donors (Lipinski definition) is 1. The van der Waals surface area contributed by atoms with Gasteiger partial charge < -0.3 is 4.74 Å². The zero-order valence-corrected chi connectivity index (χ0v) is 11.1. The number of rotatable bonds is 7. The van der Waals surface area contributed by atoms with Gasteiger partial charge in [-0.15, -0.1) is 0 Å². The highest BCUT2D eigenvalue weighted by Crippen LogP contribution is 2.18. The number of alkyl halides is 2. The van der Waals surface area contributed by atoms with Crippen LogP contribution >= 0.6 is 0 Å². The summed E-state index contributed by atoms with van der Waals surface area (Å²) in [5.74, 6) is 0.147. The van der Waals surface area contributed by atoms with E-state index in [4.69, 9.17) is 5.26 Å². The zero-order chi connectivity index (χ0) is 14.3. The van der Waals surface area contributed by atoms with Gasteiger partial charge in [0.25, 0.3) is 0 Å². The highest BCUT2D eigenvalue weighted by molar-refractivity contribution is 5.27. The van der Waals surface area contributed by atoms with Gasteiger partial charge in [0.1, 0.15) is 11.3 Å². The monoisotopic (exact) mass is 268 g/mol. The summed E-state index contributed by atoms with van der Waals surface area (Å²) in [6, 6.07) is 8.75. The number of nitrogens with one attached hydrogen (secondary N) is 1. The number of halogens is 2. The lowest BCUT2D eigenvalue weighted by Crippen LogP contribution is -2.41. The van der Waals surface area contributed by atoms with Crippen LogP contribution in [0.15, 0.2) is 24.3 Å². The van der Waals surface area contributed by atoms with Crippen molar-refractivity contribution < 1.29 is 13.5 Å². The normalized spacial score (nSPS) is 13.9. The molecule has 3 nitrogen and oxygen atoms in total. The van der Waals surface area contributed by atoms with Gasteiger partial charge in [0.15, 0.2) is 0 Å². The topological polar surface area (TPSA) is 45.0 Å². The van der Waals surface area contributed by atoms with Crippen molar-refractivity contribution in [1.82, 2.24) is 5.32 Å². The van der Waals surface area contributed by atoms with E-state index in [9.17, 15) is 8.78 Å². The molecule has 1 N–H and O–H groups in total. The van der Waals surface area contributed by atoms with Gasteiger partial charge in [-0.1, -0.05) is 19.1 Å². The Morgan fingerprint density at radius 1 is 1.37 bits per heavy atom. The molecule has 0 aliphatic carbocycles. The average Bonchev–Trinajstić information content (AvgIpc) is 2.38. The van der Waals surface area contributed by atoms with Crippen molar-refractivity contribution >= 4 is 0 Å². The van der Waals surface area contributed by atoms with Crippen molar-refractivity contribution in [2.24, 2.45) is 0 Å². The maximum Gasteiger partial charge on any atom is 0.387 e. The number of aryl methyl sites for hydroxylation is 1. The predicted molar refractivity (Wildman–Crippen MR) is 69.1 cm³/mol. The molecule has 1 aromatic carbocycles. The summed E-state index contributed by atoms with van der Waals surface area (Å²) in [4.78, 5) is 0. The van der Waals surface area contributed by atoms with Crippen LogP contribution in [-0.2, 0) is 6.42 Å². The van der Waals surface area contributed by atoms with Gasteiger partial charge in [0.2, 0.25) is 0 Å². The summed E-state index contributed by atoms with van der Waals surface area (Å²) in [6.45, 7) is 1.73. The van der Waals surface area contributed by atoms with Crippen molar-refractivity contribution in [2.75, 3.05) is 6.54 Å². The summed E-state index contributed by atoms with van der Waals surface area (Å²) < 4.78 is 28.3. The fraction of sp³-hybridized carbons (Fsp3) is 0.500. The van der Waals surface area contributed by atoms with Crippen molar-refractivity contribution in [2.45, 2.75) is 38.8 Å². The molecule has 1 rings (SSSR count). The summed E-state index contributed by atoms with van der Waals surface area (Å²) in [6.07, 6.45) is 1.36. The van der Waals surface area contributed by atoms with E-state index in [1.54, 1.807) is 12.1 Å². The van der Waals surface area contributed by atoms with Gasteiger partial charge in [-0.3, -0.25) is 5.32 Å². The van der Waals surface area contributed by atoms with Crippen molar-refractivity contribution in [3.05, 3.63) is 29.8 Å². The van der Waals surface area contributed by atoms with Crippen molar-refractivity contribution in [3.63, 3.8) is 0 Å². The van der Waals surface area contributed by atoms with E-state index < -0.39 is 12.2 Å². The standard InChI is InChI=1S/C14H18F2N2O/c1-3-18-14(2,10-17)9-8-11-4-6-12(7-5-11)19-13(15)16/h4-7,13,18H,3,8-9H2,1-2H3. The molecule has 0 saturated heterocycles. The molecule has 5 heteroatoms. The second-order valence-electron chi connectivity index (χ2n) is 4.50. The van der Waals surface area contributed by atoms with Crippen LogP contribution in [-0.4, -0.2) is 18.7 Å². The highest BCUT2D eigenvalue weighted by Gasteiger charge is 2.21. The van der Waals surface area contributed by atoms with Crippen molar-refractivity contribution in [1.29, 1.82) is 5.26 Å². The maximum absolute atomic E-state index is 12.0. The largest absolute Gasteiger partial charge is 0.435 e. The summed E-state index contributed by atoms with van der Waals surface area (Å²) in [5, 5.41) is 12.3. The van der Waals surface area contributed by atoms with E-state index in [-0.39, 0.29) is 5.75 Å². The van der Waals surface area contributed by atoms with Crippen LogP contribution in [0.2, 0.25) is 0 Å².